The fourth-order valence-corrected chi connectivity index (χ4v) is 2.43. The van der Waals surface area contributed by atoms with Crippen molar-refractivity contribution in [2.45, 2.75) is 19.8 Å². The topological polar surface area (TPSA) is 71.3 Å². The molecular weight excluding hydrogens is 244 g/mol. The third kappa shape index (κ3) is 3.64. The first-order valence-corrected chi connectivity index (χ1v) is 6.76. The van der Waals surface area contributed by atoms with E-state index in [1.807, 2.05) is 0 Å². The van der Waals surface area contributed by atoms with E-state index < -0.39 is 4.92 Å². The fraction of sp³-hybridized carbons (Fsp3) is 0.615. The molecule has 0 aliphatic carbocycles. The molecule has 1 aromatic heterocycles. The highest BCUT2D eigenvalue weighted by Gasteiger charge is 2.17. The third-order valence-corrected chi connectivity index (χ3v) is 3.59. The van der Waals surface area contributed by atoms with E-state index in [0.29, 0.717) is 5.92 Å². The van der Waals surface area contributed by atoms with Crippen LogP contribution in [0.3, 0.4) is 0 Å². The van der Waals surface area contributed by atoms with Gasteiger partial charge in [0.1, 0.15) is 12.0 Å². The Bertz CT molecular complexity index is 415. The summed E-state index contributed by atoms with van der Waals surface area (Å²) in [4.78, 5) is 16.6. The van der Waals surface area contributed by atoms with Crippen LogP contribution in [0.2, 0.25) is 0 Å². The van der Waals surface area contributed by atoms with Crippen molar-refractivity contribution in [3.05, 3.63) is 28.4 Å². The zero-order valence-electron chi connectivity index (χ0n) is 11.2. The SMILES string of the molecule is CCN(CC1CCNCC1)c1ccc([N+](=O)[O-])cn1. The van der Waals surface area contributed by atoms with Gasteiger partial charge in [-0.25, -0.2) is 4.98 Å². The van der Waals surface area contributed by atoms with Crippen LogP contribution in [-0.2, 0) is 0 Å². The number of piperidine rings is 1. The van der Waals surface area contributed by atoms with Gasteiger partial charge in [-0.2, -0.15) is 0 Å². The van der Waals surface area contributed by atoms with Gasteiger partial charge in [-0.05, 0) is 44.8 Å². The number of rotatable bonds is 5. The highest BCUT2D eigenvalue weighted by atomic mass is 16.6. The van der Waals surface area contributed by atoms with Crippen molar-refractivity contribution >= 4 is 11.5 Å². The molecule has 1 aromatic rings. The van der Waals surface area contributed by atoms with Crippen LogP contribution < -0.4 is 10.2 Å². The summed E-state index contributed by atoms with van der Waals surface area (Å²) in [6, 6.07) is 3.26. The van der Waals surface area contributed by atoms with Crippen LogP contribution in [0.15, 0.2) is 18.3 Å². The number of aromatic nitrogens is 1. The van der Waals surface area contributed by atoms with Crippen molar-refractivity contribution in [1.82, 2.24) is 10.3 Å². The third-order valence-electron chi connectivity index (χ3n) is 3.59. The standard InChI is InChI=1S/C13H20N4O2/c1-2-16(10-11-5-7-14-8-6-11)13-4-3-12(9-15-13)17(18)19/h3-4,9,11,14H,2,5-8,10H2,1H3. The van der Waals surface area contributed by atoms with Gasteiger partial charge in [0, 0.05) is 19.2 Å². The summed E-state index contributed by atoms with van der Waals surface area (Å²) in [5.74, 6) is 1.50. The van der Waals surface area contributed by atoms with Crippen LogP contribution in [0.4, 0.5) is 11.5 Å². The molecular formula is C13H20N4O2. The lowest BCUT2D eigenvalue weighted by molar-refractivity contribution is -0.385. The average molecular weight is 264 g/mol. The highest BCUT2D eigenvalue weighted by Crippen LogP contribution is 2.19. The van der Waals surface area contributed by atoms with Gasteiger partial charge < -0.3 is 10.2 Å². The van der Waals surface area contributed by atoms with Crippen molar-refractivity contribution < 1.29 is 4.92 Å². The Hall–Kier alpha value is -1.69. The Kier molecular flexibility index (Phi) is 4.68. The molecule has 0 atom stereocenters. The van der Waals surface area contributed by atoms with Crippen molar-refractivity contribution in [3.63, 3.8) is 0 Å². The van der Waals surface area contributed by atoms with Gasteiger partial charge in [0.05, 0.1) is 4.92 Å². The highest BCUT2D eigenvalue weighted by molar-refractivity contribution is 5.42. The molecule has 0 spiro atoms. The van der Waals surface area contributed by atoms with Gasteiger partial charge in [0.2, 0.25) is 0 Å². The molecule has 1 aliphatic rings. The van der Waals surface area contributed by atoms with Gasteiger partial charge in [-0.1, -0.05) is 0 Å². The number of pyridine rings is 1. The van der Waals surface area contributed by atoms with E-state index in [0.717, 1.165) is 32.0 Å². The predicted molar refractivity (Wildman–Crippen MR) is 74.4 cm³/mol. The van der Waals surface area contributed by atoms with Crippen LogP contribution in [0, 0.1) is 16.0 Å². The Morgan fingerprint density at radius 3 is 2.74 bits per heavy atom. The van der Waals surface area contributed by atoms with Crippen molar-refractivity contribution in [1.29, 1.82) is 0 Å². The van der Waals surface area contributed by atoms with E-state index in [1.165, 1.54) is 25.1 Å². The first-order valence-electron chi connectivity index (χ1n) is 6.76. The zero-order chi connectivity index (χ0) is 13.7. The predicted octanol–water partition coefficient (Wildman–Crippen LogP) is 1.82. The summed E-state index contributed by atoms with van der Waals surface area (Å²) in [6.45, 7) is 6.09. The number of nitrogens with zero attached hydrogens (tertiary/aromatic N) is 3. The first kappa shape index (κ1) is 13.7. The molecule has 1 saturated heterocycles. The van der Waals surface area contributed by atoms with Gasteiger partial charge in [-0.3, -0.25) is 10.1 Å². The van der Waals surface area contributed by atoms with E-state index in [-0.39, 0.29) is 5.69 Å². The second kappa shape index (κ2) is 6.47. The van der Waals surface area contributed by atoms with Gasteiger partial charge in [-0.15, -0.1) is 0 Å². The molecule has 104 valence electrons. The maximum atomic E-state index is 10.6. The summed E-state index contributed by atoms with van der Waals surface area (Å²) in [7, 11) is 0. The molecule has 6 nitrogen and oxygen atoms in total. The van der Waals surface area contributed by atoms with Gasteiger partial charge >= 0.3 is 0 Å². The quantitative estimate of drug-likeness (QED) is 0.648. The van der Waals surface area contributed by atoms with Crippen LogP contribution in [0.5, 0.6) is 0 Å². The minimum Gasteiger partial charge on any atom is -0.357 e. The Labute approximate surface area is 113 Å². The van der Waals surface area contributed by atoms with Gasteiger partial charge in [0.25, 0.3) is 5.69 Å². The number of nitrogens with one attached hydrogen (secondary N) is 1. The molecule has 1 fully saturated rings. The molecule has 0 saturated carbocycles. The molecule has 0 bridgehead atoms. The molecule has 6 heteroatoms. The normalized spacial score (nSPS) is 16.3. The van der Waals surface area contributed by atoms with E-state index in [9.17, 15) is 10.1 Å². The van der Waals surface area contributed by atoms with Gasteiger partial charge in [0.15, 0.2) is 0 Å². The number of nitro groups is 1. The van der Waals surface area contributed by atoms with Crippen LogP contribution in [0.25, 0.3) is 0 Å². The maximum Gasteiger partial charge on any atom is 0.287 e. The summed E-state index contributed by atoms with van der Waals surface area (Å²) >= 11 is 0. The van der Waals surface area contributed by atoms with Crippen LogP contribution in [0.1, 0.15) is 19.8 Å². The molecule has 0 amide bonds. The second-order valence-electron chi connectivity index (χ2n) is 4.86. The fourth-order valence-electron chi connectivity index (χ4n) is 2.43. The summed E-state index contributed by atoms with van der Waals surface area (Å²) < 4.78 is 0. The first-order chi connectivity index (χ1) is 9.20. The lowest BCUT2D eigenvalue weighted by Gasteiger charge is -2.30. The minimum absolute atomic E-state index is 0.0432. The lowest BCUT2D eigenvalue weighted by Crippen LogP contribution is -2.36. The van der Waals surface area contributed by atoms with E-state index >= 15 is 0 Å². The maximum absolute atomic E-state index is 10.6. The molecule has 2 heterocycles. The molecule has 19 heavy (non-hydrogen) atoms. The lowest BCUT2D eigenvalue weighted by atomic mass is 9.97. The summed E-state index contributed by atoms with van der Waals surface area (Å²) in [5.41, 5.74) is 0.0432. The van der Waals surface area contributed by atoms with Crippen molar-refractivity contribution in [3.8, 4) is 0 Å². The molecule has 0 aromatic carbocycles. The summed E-state index contributed by atoms with van der Waals surface area (Å²) in [6.07, 6.45) is 3.70. The monoisotopic (exact) mass is 264 g/mol. The number of hydrogen-bond donors (Lipinski definition) is 1. The number of hydrogen-bond acceptors (Lipinski definition) is 5. The summed E-state index contributed by atoms with van der Waals surface area (Å²) in [5, 5.41) is 14.0. The van der Waals surface area contributed by atoms with Crippen molar-refractivity contribution in [2.24, 2.45) is 5.92 Å². The molecule has 1 N–H and O–H groups in total. The zero-order valence-corrected chi connectivity index (χ0v) is 11.2. The van der Waals surface area contributed by atoms with E-state index in [4.69, 9.17) is 0 Å². The van der Waals surface area contributed by atoms with Crippen LogP contribution >= 0.6 is 0 Å². The molecule has 0 unspecified atom stereocenters. The Balaban J connectivity index is 2.01. The molecule has 2 rings (SSSR count). The Morgan fingerprint density at radius 1 is 1.47 bits per heavy atom. The number of anilines is 1. The molecule has 0 radical (unpaired) electrons. The van der Waals surface area contributed by atoms with E-state index in [1.54, 1.807) is 6.07 Å². The molecule has 1 aliphatic heterocycles. The van der Waals surface area contributed by atoms with E-state index in [2.05, 4.69) is 22.1 Å². The minimum atomic E-state index is -0.417. The Morgan fingerprint density at radius 2 is 2.21 bits per heavy atom. The van der Waals surface area contributed by atoms with Crippen molar-refractivity contribution in [2.75, 3.05) is 31.1 Å². The largest absolute Gasteiger partial charge is 0.357 e. The van der Waals surface area contributed by atoms with Crippen LogP contribution in [-0.4, -0.2) is 36.1 Å². The second-order valence-corrected chi connectivity index (χ2v) is 4.86. The smallest absolute Gasteiger partial charge is 0.287 e. The average Bonchev–Trinajstić information content (AvgIpc) is 2.46.